The van der Waals surface area contributed by atoms with E-state index >= 15 is 0 Å². The number of para-hydroxylation sites is 2. The SMILES string of the molecule is c1ccc(N(c2ccccc2)c2ccc(-c3ccc(-c4ccc(-c5cccc6c5-c5ccccc5C65C6CC7CC(C6)CC5C7)cc4)cc3)cc2)cc1. The van der Waals surface area contributed by atoms with E-state index in [1.54, 1.807) is 11.1 Å². The molecule has 0 heterocycles. The van der Waals surface area contributed by atoms with E-state index in [1.807, 2.05) is 0 Å². The van der Waals surface area contributed by atoms with Gasteiger partial charge in [-0.3, -0.25) is 0 Å². The molecule has 0 aromatic heterocycles. The summed E-state index contributed by atoms with van der Waals surface area (Å²) in [5.41, 5.74) is 17.6. The molecule has 1 heteroatoms. The van der Waals surface area contributed by atoms with Crippen LogP contribution in [0.5, 0.6) is 0 Å². The lowest BCUT2D eigenvalue weighted by Gasteiger charge is -2.61. The van der Waals surface area contributed by atoms with Gasteiger partial charge in [0.05, 0.1) is 0 Å². The van der Waals surface area contributed by atoms with Crippen molar-refractivity contribution in [1.82, 2.24) is 0 Å². The Bertz CT molecular complexity index is 2360. The quantitative estimate of drug-likeness (QED) is 0.169. The van der Waals surface area contributed by atoms with Gasteiger partial charge in [-0.1, -0.05) is 140 Å². The van der Waals surface area contributed by atoms with Crippen LogP contribution in [0.25, 0.3) is 44.5 Å². The highest BCUT2D eigenvalue weighted by atomic mass is 15.1. The van der Waals surface area contributed by atoms with E-state index in [9.17, 15) is 0 Å². The molecule has 12 rings (SSSR count). The van der Waals surface area contributed by atoms with Crippen molar-refractivity contribution >= 4 is 17.1 Å². The maximum Gasteiger partial charge on any atom is 0.0462 e. The van der Waals surface area contributed by atoms with Crippen molar-refractivity contribution in [2.75, 3.05) is 4.90 Å². The van der Waals surface area contributed by atoms with Crippen LogP contribution in [0, 0.1) is 23.7 Å². The summed E-state index contributed by atoms with van der Waals surface area (Å²) in [6.45, 7) is 0. The Morgan fingerprint density at radius 3 is 1.30 bits per heavy atom. The summed E-state index contributed by atoms with van der Waals surface area (Å²) >= 11 is 0. The third kappa shape index (κ3) is 4.83. The zero-order chi connectivity index (χ0) is 34.9. The topological polar surface area (TPSA) is 3.24 Å². The van der Waals surface area contributed by atoms with Crippen molar-refractivity contribution in [2.24, 2.45) is 23.7 Å². The zero-order valence-corrected chi connectivity index (χ0v) is 30.0. The molecule has 7 aromatic carbocycles. The number of nitrogens with zero attached hydrogens (tertiary/aromatic N) is 1. The summed E-state index contributed by atoms with van der Waals surface area (Å²) in [4.78, 5) is 2.31. The van der Waals surface area contributed by atoms with Gasteiger partial charge in [0.2, 0.25) is 0 Å². The third-order valence-electron chi connectivity index (χ3n) is 13.5. The van der Waals surface area contributed by atoms with Crippen molar-refractivity contribution in [3.63, 3.8) is 0 Å². The standard InChI is InChI=1S/C52H43N/c1-3-10-44(11-4-1)53(45-12-5-2-6-13-45)46-28-26-40(27-29-46)38-20-18-37(19-21-38)39-22-24-41(25-23-39)47-15-9-17-50-51(47)48-14-7-8-16-49(48)52(50)42-31-35-30-36(33-42)34-43(52)32-35/h1-29,35-36,42-43H,30-34H2. The van der Waals surface area contributed by atoms with E-state index in [0.717, 1.165) is 40.7 Å². The summed E-state index contributed by atoms with van der Waals surface area (Å²) in [6.07, 6.45) is 7.18. The van der Waals surface area contributed by atoms with Crippen LogP contribution in [0.1, 0.15) is 43.2 Å². The minimum atomic E-state index is 0.209. The van der Waals surface area contributed by atoms with Crippen molar-refractivity contribution in [3.8, 4) is 44.5 Å². The van der Waals surface area contributed by atoms with Crippen LogP contribution in [0.4, 0.5) is 17.1 Å². The van der Waals surface area contributed by atoms with Gasteiger partial charge in [-0.15, -0.1) is 0 Å². The van der Waals surface area contributed by atoms with Crippen LogP contribution in [0.3, 0.4) is 0 Å². The molecule has 256 valence electrons. The van der Waals surface area contributed by atoms with Crippen LogP contribution in [-0.2, 0) is 5.41 Å². The van der Waals surface area contributed by atoms with Crippen molar-refractivity contribution < 1.29 is 0 Å². The Hall–Kier alpha value is -5.66. The molecule has 5 aliphatic carbocycles. The van der Waals surface area contributed by atoms with E-state index in [2.05, 4.69) is 181 Å². The molecule has 4 fully saturated rings. The normalized spacial score (nSPS) is 23.2. The summed E-state index contributed by atoms with van der Waals surface area (Å²) in [5, 5.41) is 0. The lowest BCUT2D eigenvalue weighted by atomic mass is 9.43. The molecular formula is C52H43N. The molecule has 0 unspecified atom stereocenters. The van der Waals surface area contributed by atoms with Crippen molar-refractivity contribution in [2.45, 2.75) is 37.5 Å². The first kappa shape index (κ1) is 30.9. The second-order valence-corrected chi connectivity index (χ2v) is 16.2. The van der Waals surface area contributed by atoms with E-state index in [-0.39, 0.29) is 5.41 Å². The summed E-state index contributed by atoms with van der Waals surface area (Å²) in [6, 6.07) is 65.2. The molecule has 53 heavy (non-hydrogen) atoms. The first-order chi connectivity index (χ1) is 26.2. The van der Waals surface area contributed by atoms with Gasteiger partial charge in [-0.05, 0) is 148 Å². The Kier molecular flexibility index (Phi) is 7.12. The molecule has 0 radical (unpaired) electrons. The summed E-state index contributed by atoms with van der Waals surface area (Å²) in [7, 11) is 0. The Morgan fingerprint density at radius 2 is 0.755 bits per heavy atom. The maximum atomic E-state index is 2.51. The third-order valence-corrected chi connectivity index (χ3v) is 13.5. The van der Waals surface area contributed by atoms with Gasteiger partial charge >= 0.3 is 0 Å². The highest BCUT2D eigenvalue weighted by Crippen LogP contribution is 2.70. The first-order valence-electron chi connectivity index (χ1n) is 19.7. The molecule has 0 atom stereocenters. The fraction of sp³-hybridized carbons (Fsp3) is 0.192. The monoisotopic (exact) mass is 681 g/mol. The van der Waals surface area contributed by atoms with Crippen LogP contribution < -0.4 is 4.90 Å². The van der Waals surface area contributed by atoms with Gasteiger partial charge < -0.3 is 4.90 Å². The Labute approximate surface area is 313 Å². The number of hydrogen-bond donors (Lipinski definition) is 0. The molecule has 1 spiro atoms. The van der Waals surface area contributed by atoms with E-state index in [4.69, 9.17) is 0 Å². The van der Waals surface area contributed by atoms with Crippen LogP contribution in [0.15, 0.2) is 176 Å². The lowest BCUT2D eigenvalue weighted by molar-refractivity contribution is -0.0399. The van der Waals surface area contributed by atoms with Gasteiger partial charge in [0.1, 0.15) is 0 Å². The van der Waals surface area contributed by atoms with Gasteiger partial charge in [0.15, 0.2) is 0 Å². The van der Waals surface area contributed by atoms with Crippen LogP contribution in [-0.4, -0.2) is 0 Å². The first-order valence-corrected chi connectivity index (χ1v) is 19.7. The average molecular weight is 682 g/mol. The highest BCUT2D eigenvalue weighted by molar-refractivity contribution is 5.93. The summed E-state index contributed by atoms with van der Waals surface area (Å²) < 4.78 is 0. The van der Waals surface area contributed by atoms with E-state index < -0.39 is 0 Å². The minimum absolute atomic E-state index is 0.209. The second kappa shape index (κ2) is 12.2. The molecule has 0 N–H and O–H groups in total. The van der Waals surface area contributed by atoms with Crippen LogP contribution in [0.2, 0.25) is 0 Å². The number of anilines is 3. The predicted molar refractivity (Wildman–Crippen MR) is 221 cm³/mol. The number of fused-ring (bicyclic) bond motifs is 3. The van der Waals surface area contributed by atoms with Gasteiger partial charge in [0, 0.05) is 22.5 Å². The Balaban J connectivity index is 0.881. The molecule has 5 aliphatic rings. The highest BCUT2D eigenvalue weighted by Gasteiger charge is 2.61. The molecule has 0 aliphatic heterocycles. The Morgan fingerprint density at radius 1 is 0.340 bits per heavy atom. The maximum absolute atomic E-state index is 2.51. The van der Waals surface area contributed by atoms with Gasteiger partial charge in [-0.2, -0.15) is 0 Å². The smallest absolute Gasteiger partial charge is 0.0462 e. The number of hydrogen-bond acceptors (Lipinski definition) is 1. The molecule has 1 nitrogen and oxygen atoms in total. The summed E-state index contributed by atoms with van der Waals surface area (Å²) in [5.74, 6) is 3.50. The molecule has 7 aromatic rings. The molecule has 4 saturated carbocycles. The predicted octanol–water partition coefficient (Wildman–Crippen LogP) is 13.9. The molecule has 0 saturated heterocycles. The molecule has 4 bridgehead atoms. The number of rotatable bonds is 6. The second-order valence-electron chi connectivity index (χ2n) is 16.2. The van der Waals surface area contributed by atoms with Gasteiger partial charge in [0.25, 0.3) is 0 Å². The van der Waals surface area contributed by atoms with Gasteiger partial charge in [-0.25, -0.2) is 0 Å². The molecule has 0 amide bonds. The largest absolute Gasteiger partial charge is 0.311 e. The van der Waals surface area contributed by atoms with E-state index in [0.29, 0.717) is 0 Å². The molecular weight excluding hydrogens is 639 g/mol. The fourth-order valence-electron chi connectivity index (χ4n) is 11.5. The lowest BCUT2D eigenvalue weighted by Crippen LogP contribution is -2.55. The van der Waals surface area contributed by atoms with Crippen molar-refractivity contribution in [3.05, 3.63) is 187 Å². The van der Waals surface area contributed by atoms with E-state index in [1.165, 1.54) is 76.6 Å². The average Bonchev–Trinajstić information content (AvgIpc) is 3.52. The van der Waals surface area contributed by atoms with Crippen molar-refractivity contribution in [1.29, 1.82) is 0 Å². The zero-order valence-electron chi connectivity index (χ0n) is 30.0. The minimum Gasteiger partial charge on any atom is -0.311 e. The fourth-order valence-corrected chi connectivity index (χ4v) is 11.5. The number of benzene rings is 7. The van der Waals surface area contributed by atoms with Crippen LogP contribution >= 0.6 is 0 Å².